The Bertz CT molecular complexity index is 223. The Hall–Kier alpha value is -0.220. The molecule has 2 aliphatic heterocycles. The number of carbonyl (C=O) groups is 1. The van der Waals surface area contributed by atoms with Crippen molar-refractivity contribution < 1.29 is 4.79 Å². The van der Waals surface area contributed by atoms with Crippen molar-refractivity contribution in [1.82, 2.24) is 10.2 Å². The fourth-order valence-corrected chi connectivity index (χ4v) is 3.37. The molecule has 0 spiro atoms. The third-order valence-corrected chi connectivity index (χ3v) is 4.53. The van der Waals surface area contributed by atoms with Crippen LogP contribution in [0.15, 0.2) is 0 Å². The van der Waals surface area contributed by atoms with E-state index in [-0.39, 0.29) is 0 Å². The van der Waals surface area contributed by atoms with Crippen LogP contribution >= 0.6 is 11.8 Å². The lowest BCUT2D eigenvalue weighted by Crippen LogP contribution is -2.38. The van der Waals surface area contributed by atoms with Crippen LogP contribution in [0.1, 0.15) is 25.7 Å². The molecule has 0 aromatic carbocycles. The van der Waals surface area contributed by atoms with Crippen LogP contribution in [0, 0.1) is 5.92 Å². The standard InChI is InChI=1S/C12H22N2OS/c15-12(14-7-9-16-10-8-14)2-1-11-3-5-13-6-4-11/h11,13H,1-10H2. The zero-order valence-electron chi connectivity index (χ0n) is 9.91. The summed E-state index contributed by atoms with van der Waals surface area (Å²) in [6, 6.07) is 0. The summed E-state index contributed by atoms with van der Waals surface area (Å²) in [4.78, 5) is 14.0. The fraction of sp³-hybridized carbons (Fsp3) is 0.917. The Morgan fingerprint density at radius 3 is 2.62 bits per heavy atom. The van der Waals surface area contributed by atoms with E-state index in [1.54, 1.807) is 0 Å². The maximum atomic E-state index is 11.9. The molecular weight excluding hydrogens is 220 g/mol. The van der Waals surface area contributed by atoms with Crippen LogP contribution < -0.4 is 5.32 Å². The average molecular weight is 242 g/mol. The summed E-state index contributed by atoms with van der Waals surface area (Å²) in [5.74, 6) is 3.42. The van der Waals surface area contributed by atoms with E-state index in [1.807, 2.05) is 11.8 Å². The number of thioether (sulfide) groups is 1. The average Bonchev–Trinajstić information content (AvgIpc) is 2.38. The predicted molar refractivity (Wildman–Crippen MR) is 68.7 cm³/mol. The number of piperidine rings is 1. The molecule has 4 heteroatoms. The number of nitrogens with zero attached hydrogens (tertiary/aromatic N) is 1. The lowest BCUT2D eigenvalue weighted by atomic mass is 9.93. The van der Waals surface area contributed by atoms with Gasteiger partial charge in [-0.05, 0) is 38.3 Å². The van der Waals surface area contributed by atoms with Crippen molar-refractivity contribution in [2.45, 2.75) is 25.7 Å². The van der Waals surface area contributed by atoms with Gasteiger partial charge in [0.15, 0.2) is 0 Å². The second-order valence-corrected chi connectivity index (χ2v) is 5.95. The molecule has 0 bridgehead atoms. The molecule has 0 aliphatic carbocycles. The molecule has 92 valence electrons. The van der Waals surface area contributed by atoms with Gasteiger partial charge in [0.25, 0.3) is 0 Å². The predicted octanol–water partition coefficient (Wildman–Crippen LogP) is 1.34. The van der Waals surface area contributed by atoms with Crippen molar-refractivity contribution >= 4 is 17.7 Å². The number of rotatable bonds is 3. The van der Waals surface area contributed by atoms with Crippen LogP contribution in [-0.2, 0) is 4.79 Å². The molecule has 2 saturated heterocycles. The molecule has 0 unspecified atom stereocenters. The quantitative estimate of drug-likeness (QED) is 0.810. The summed E-state index contributed by atoms with van der Waals surface area (Å²) in [7, 11) is 0. The minimum Gasteiger partial charge on any atom is -0.341 e. The molecular formula is C12H22N2OS. The van der Waals surface area contributed by atoms with Crippen LogP contribution in [0.2, 0.25) is 0 Å². The second kappa shape index (κ2) is 6.50. The van der Waals surface area contributed by atoms with Gasteiger partial charge in [-0.2, -0.15) is 11.8 Å². The summed E-state index contributed by atoms with van der Waals surface area (Å²) < 4.78 is 0. The number of hydrogen-bond acceptors (Lipinski definition) is 3. The Labute approximate surface area is 102 Å². The minimum atomic E-state index is 0.388. The number of amides is 1. The van der Waals surface area contributed by atoms with Gasteiger partial charge in [-0.3, -0.25) is 4.79 Å². The second-order valence-electron chi connectivity index (χ2n) is 4.73. The molecule has 16 heavy (non-hydrogen) atoms. The third kappa shape index (κ3) is 3.67. The highest BCUT2D eigenvalue weighted by Gasteiger charge is 2.19. The van der Waals surface area contributed by atoms with E-state index < -0.39 is 0 Å². The minimum absolute atomic E-state index is 0.388. The first-order valence-corrected chi connectivity index (χ1v) is 7.58. The lowest BCUT2D eigenvalue weighted by Gasteiger charge is -2.28. The molecule has 3 nitrogen and oxygen atoms in total. The highest BCUT2D eigenvalue weighted by molar-refractivity contribution is 7.99. The molecule has 0 atom stereocenters. The van der Waals surface area contributed by atoms with Gasteiger partial charge in [-0.15, -0.1) is 0 Å². The first kappa shape index (κ1) is 12.2. The van der Waals surface area contributed by atoms with Gasteiger partial charge < -0.3 is 10.2 Å². The van der Waals surface area contributed by atoms with E-state index in [0.717, 1.165) is 56.4 Å². The van der Waals surface area contributed by atoms with Gasteiger partial charge in [-0.1, -0.05) is 0 Å². The van der Waals surface area contributed by atoms with Crippen LogP contribution in [0.5, 0.6) is 0 Å². The Kier molecular flexibility index (Phi) is 4.97. The smallest absolute Gasteiger partial charge is 0.222 e. The summed E-state index contributed by atoms with van der Waals surface area (Å²) in [5, 5.41) is 3.37. The maximum absolute atomic E-state index is 11.9. The van der Waals surface area contributed by atoms with E-state index in [9.17, 15) is 4.79 Å². The molecule has 0 aromatic heterocycles. The van der Waals surface area contributed by atoms with E-state index >= 15 is 0 Å². The summed E-state index contributed by atoms with van der Waals surface area (Å²) in [6.07, 6.45) is 4.38. The van der Waals surface area contributed by atoms with Gasteiger partial charge in [0.2, 0.25) is 5.91 Å². The molecule has 2 aliphatic rings. The number of carbonyl (C=O) groups excluding carboxylic acids is 1. The third-order valence-electron chi connectivity index (χ3n) is 3.59. The Morgan fingerprint density at radius 1 is 1.25 bits per heavy atom. The highest BCUT2D eigenvalue weighted by Crippen LogP contribution is 2.19. The van der Waals surface area contributed by atoms with E-state index in [0.29, 0.717) is 5.91 Å². The molecule has 0 radical (unpaired) electrons. The van der Waals surface area contributed by atoms with Gasteiger partial charge in [-0.25, -0.2) is 0 Å². The number of nitrogens with one attached hydrogen (secondary N) is 1. The molecule has 1 amide bonds. The molecule has 2 rings (SSSR count). The molecule has 0 saturated carbocycles. The SMILES string of the molecule is O=C(CCC1CCNCC1)N1CCSCC1. The van der Waals surface area contributed by atoms with Gasteiger partial charge >= 0.3 is 0 Å². The van der Waals surface area contributed by atoms with Crippen molar-refractivity contribution in [2.24, 2.45) is 5.92 Å². The first-order valence-electron chi connectivity index (χ1n) is 6.42. The maximum Gasteiger partial charge on any atom is 0.222 e. The molecule has 1 N–H and O–H groups in total. The van der Waals surface area contributed by atoms with Crippen LogP contribution in [0.25, 0.3) is 0 Å². The summed E-state index contributed by atoms with van der Waals surface area (Å²) in [5.41, 5.74) is 0. The van der Waals surface area contributed by atoms with Gasteiger partial charge in [0.1, 0.15) is 0 Å². The largest absolute Gasteiger partial charge is 0.341 e. The van der Waals surface area contributed by atoms with Crippen molar-refractivity contribution in [3.63, 3.8) is 0 Å². The summed E-state index contributed by atoms with van der Waals surface area (Å²) in [6.45, 7) is 4.21. The highest BCUT2D eigenvalue weighted by atomic mass is 32.2. The van der Waals surface area contributed by atoms with Gasteiger partial charge in [0, 0.05) is 31.0 Å². The monoisotopic (exact) mass is 242 g/mol. The van der Waals surface area contributed by atoms with E-state index in [4.69, 9.17) is 0 Å². The normalized spacial score (nSPS) is 23.4. The molecule has 2 fully saturated rings. The Balaban J connectivity index is 1.65. The number of hydrogen-bond donors (Lipinski definition) is 1. The van der Waals surface area contributed by atoms with E-state index in [2.05, 4.69) is 10.2 Å². The lowest BCUT2D eigenvalue weighted by molar-refractivity contribution is -0.131. The van der Waals surface area contributed by atoms with Crippen LogP contribution in [0.4, 0.5) is 0 Å². The zero-order valence-corrected chi connectivity index (χ0v) is 10.7. The summed E-state index contributed by atoms with van der Waals surface area (Å²) >= 11 is 1.96. The van der Waals surface area contributed by atoms with E-state index in [1.165, 1.54) is 12.8 Å². The van der Waals surface area contributed by atoms with Crippen molar-refractivity contribution in [1.29, 1.82) is 0 Å². The molecule has 0 aromatic rings. The zero-order chi connectivity index (χ0) is 11.2. The Morgan fingerprint density at radius 2 is 1.94 bits per heavy atom. The van der Waals surface area contributed by atoms with Crippen LogP contribution in [0.3, 0.4) is 0 Å². The van der Waals surface area contributed by atoms with Crippen LogP contribution in [-0.4, -0.2) is 48.5 Å². The first-order chi connectivity index (χ1) is 7.86. The topological polar surface area (TPSA) is 32.3 Å². The van der Waals surface area contributed by atoms with Crippen molar-refractivity contribution in [3.8, 4) is 0 Å². The van der Waals surface area contributed by atoms with Crippen molar-refractivity contribution in [2.75, 3.05) is 37.7 Å². The van der Waals surface area contributed by atoms with Gasteiger partial charge in [0.05, 0.1) is 0 Å². The van der Waals surface area contributed by atoms with Crippen molar-refractivity contribution in [3.05, 3.63) is 0 Å². The fourth-order valence-electron chi connectivity index (χ4n) is 2.47. The molecule has 2 heterocycles.